The van der Waals surface area contributed by atoms with E-state index in [2.05, 4.69) is 4.98 Å². The molecule has 1 atom stereocenters. The highest BCUT2D eigenvalue weighted by molar-refractivity contribution is 5.79. The average molecular weight is 386 g/mol. The van der Waals surface area contributed by atoms with Gasteiger partial charge >= 0.3 is 0 Å². The van der Waals surface area contributed by atoms with Crippen LogP contribution in [0.1, 0.15) is 5.56 Å². The molecule has 0 saturated carbocycles. The third-order valence-corrected chi connectivity index (χ3v) is 4.34. The van der Waals surface area contributed by atoms with Crippen LogP contribution in [0.4, 0.5) is 4.39 Å². The Balaban J connectivity index is 1.56. The summed E-state index contributed by atoms with van der Waals surface area (Å²) >= 11 is 0. The summed E-state index contributed by atoms with van der Waals surface area (Å²) in [5, 5.41) is 20.4. The van der Waals surface area contributed by atoms with E-state index < -0.39 is 6.10 Å². The van der Waals surface area contributed by atoms with Crippen LogP contribution in [0, 0.1) is 5.82 Å². The molecule has 0 spiro atoms. The van der Waals surface area contributed by atoms with Crippen LogP contribution >= 0.6 is 0 Å². The molecule has 148 valence electrons. The van der Waals surface area contributed by atoms with E-state index in [4.69, 9.17) is 4.74 Å². The summed E-state index contributed by atoms with van der Waals surface area (Å²) < 4.78 is 18.7. The normalized spacial score (nSPS) is 12.4. The summed E-state index contributed by atoms with van der Waals surface area (Å²) in [5.74, 6) is 0.288. The van der Waals surface area contributed by atoms with Gasteiger partial charge in [-0.05, 0) is 42.0 Å². The van der Waals surface area contributed by atoms with E-state index in [1.807, 2.05) is 4.90 Å². The summed E-state index contributed by atoms with van der Waals surface area (Å²) in [7, 11) is 0. The van der Waals surface area contributed by atoms with E-state index in [9.17, 15) is 19.4 Å². The molecule has 0 unspecified atom stereocenters. The number of nitrogens with zero attached hydrogens (tertiary/aromatic N) is 1. The quantitative estimate of drug-likeness (QED) is 0.523. The first-order valence-corrected chi connectivity index (χ1v) is 9.05. The molecule has 28 heavy (non-hydrogen) atoms. The Bertz CT molecular complexity index is 959. The fourth-order valence-corrected chi connectivity index (χ4v) is 2.99. The molecule has 3 rings (SSSR count). The van der Waals surface area contributed by atoms with Crippen LogP contribution in [-0.4, -0.2) is 52.5 Å². The number of aliphatic hydroxyl groups excluding tert-OH is 2. The number of aromatic nitrogens is 1. The number of hydrogen-bond acceptors (Lipinski definition) is 5. The minimum Gasteiger partial charge on any atom is -0.491 e. The zero-order valence-electron chi connectivity index (χ0n) is 15.3. The number of aromatic amines is 1. The molecular weight excluding hydrogens is 363 g/mol. The molecule has 0 radical (unpaired) electrons. The molecule has 0 aliphatic heterocycles. The molecule has 0 bridgehead atoms. The van der Waals surface area contributed by atoms with Gasteiger partial charge in [0.05, 0.1) is 6.61 Å². The van der Waals surface area contributed by atoms with Crippen LogP contribution in [0.3, 0.4) is 0 Å². The van der Waals surface area contributed by atoms with E-state index in [0.717, 1.165) is 10.9 Å². The smallest absolute Gasteiger partial charge is 0.248 e. The van der Waals surface area contributed by atoms with Crippen LogP contribution in [0.15, 0.2) is 59.4 Å². The van der Waals surface area contributed by atoms with Crippen molar-refractivity contribution in [3.63, 3.8) is 0 Å². The van der Waals surface area contributed by atoms with Crippen molar-refractivity contribution in [2.24, 2.45) is 0 Å². The van der Waals surface area contributed by atoms with E-state index in [-0.39, 0.29) is 24.6 Å². The number of aliphatic hydroxyl groups is 2. The maximum absolute atomic E-state index is 13.0. The first-order valence-electron chi connectivity index (χ1n) is 9.05. The molecule has 6 nitrogen and oxygen atoms in total. The molecule has 3 N–H and O–H groups in total. The van der Waals surface area contributed by atoms with E-state index in [1.165, 1.54) is 18.2 Å². The predicted octanol–water partition coefficient (Wildman–Crippen LogP) is 1.90. The van der Waals surface area contributed by atoms with Crippen LogP contribution < -0.4 is 10.3 Å². The number of H-pyrrole nitrogens is 1. The third-order valence-electron chi connectivity index (χ3n) is 4.34. The molecule has 1 heterocycles. The van der Waals surface area contributed by atoms with E-state index in [0.29, 0.717) is 30.9 Å². The Morgan fingerprint density at radius 3 is 2.64 bits per heavy atom. The van der Waals surface area contributed by atoms with Gasteiger partial charge < -0.3 is 19.9 Å². The van der Waals surface area contributed by atoms with Crippen molar-refractivity contribution in [3.05, 3.63) is 76.3 Å². The van der Waals surface area contributed by atoms with E-state index in [1.54, 1.807) is 36.4 Å². The largest absolute Gasteiger partial charge is 0.491 e. The molecular formula is C21H23FN2O4. The van der Waals surface area contributed by atoms with Crippen LogP contribution in [0.2, 0.25) is 0 Å². The number of rotatable bonds is 9. The minimum atomic E-state index is -0.765. The van der Waals surface area contributed by atoms with Crippen molar-refractivity contribution in [3.8, 4) is 5.75 Å². The Kier molecular flexibility index (Phi) is 6.76. The highest BCUT2D eigenvalue weighted by Crippen LogP contribution is 2.18. The fraction of sp³-hybridized carbons (Fsp3) is 0.286. The number of fused-ring (bicyclic) bond motifs is 1. The lowest BCUT2D eigenvalue weighted by atomic mass is 10.2. The second-order valence-corrected chi connectivity index (χ2v) is 6.62. The first kappa shape index (κ1) is 20.0. The Hall–Kier alpha value is -2.74. The lowest BCUT2D eigenvalue weighted by Gasteiger charge is -2.24. The molecule has 2 aromatic carbocycles. The number of halogens is 1. The fourth-order valence-electron chi connectivity index (χ4n) is 2.99. The summed E-state index contributed by atoms with van der Waals surface area (Å²) in [5.41, 5.74) is 1.45. The molecule has 7 heteroatoms. The van der Waals surface area contributed by atoms with Crippen molar-refractivity contribution in [2.75, 3.05) is 26.3 Å². The molecule has 0 amide bonds. The summed E-state index contributed by atoms with van der Waals surface area (Å²) in [4.78, 5) is 15.9. The Labute approximate surface area is 161 Å². The van der Waals surface area contributed by atoms with Gasteiger partial charge in [0.2, 0.25) is 5.56 Å². The highest BCUT2D eigenvalue weighted by atomic mass is 19.1. The number of benzene rings is 2. The number of pyridine rings is 1. The SMILES string of the molecule is O=c1ccc2cc(OC[C@@H](O)CN(CCO)Cc3ccc(F)cc3)ccc2[nH]1. The van der Waals surface area contributed by atoms with Gasteiger partial charge in [-0.15, -0.1) is 0 Å². The van der Waals surface area contributed by atoms with E-state index >= 15 is 0 Å². The maximum Gasteiger partial charge on any atom is 0.248 e. The van der Waals surface area contributed by atoms with Gasteiger partial charge in [0, 0.05) is 36.6 Å². The monoisotopic (exact) mass is 386 g/mol. The number of hydrogen-bond donors (Lipinski definition) is 3. The zero-order chi connectivity index (χ0) is 19.9. The summed E-state index contributed by atoms with van der Waals surface area (Å²) in [6, 6.07) is 14.6. The topological polar surface area (TPSA) is 85.8 Å². The number of nitrogens with one attached hydrogen (secondary N) is 1. The van der Waals surface area contributed by atoms with Gasteiger partial charge in [0.15, 0.2) is 0 Å². The van der Waals surface area contributed by atoms with Gasteiger partial charge in [-0.25, -0.2) is 4.39 Å². The minimum absolute atomic E-state index is 0.0440. The Morgan fingerprint density at radius 2 is 1.89 bits per heavy atom. The summed E-state index contributed by atoms with van der Waals surface area (Å²) in [6.07, 6.45) is -0.765. The van der Waals surface area contributed by atoms with Gasteiger partial charge in [-0.1, -0.05) is 12.1 Å². The molecule has 1 aromatic heterocycles. The second kappa shape index (κ2) is 9.45. The van der Waals surface area contributed by atoms with Crippen molar-refractivity contribution < 1.29 is 19.3 Å². The van der Waals surface area contributed by atoms with Crippen molar-refractivity contribution in [2.45, 2.75) is 12.6 Å². The van der Waals surface area contributed by atoms with Gasteiger partial charge in [-0.3, -0.25) is 9.69 Å². The lowest BCUT2D eigenvalue weighted by molar-refractivity contribution is 0.0590. The molecule has 3 aromatic rings. The van der Waals surface area contributed by atoms with Crippen LogP contribution in [0.5, 0.6) is 5.75 Å². The van der Waals surface area contributed by atoms with Crippen molar-refractivity contribution >= 4 is 10.9 Å². The van der Waals surface area contributed by atoms with Crippen molar-refractivity contribution in [1.29, 1.82) is 0 Å². The summed E-state index contributed by atoms with van der Waals surface area (Å²) in [6.45, 7) is 1.22. The Morgan fingerprint density at radius 1 is 1.11 bits per heavy atom. The lowest BCUT2D eigenvalue weighted by Crippen LogP contribution is -2.37. The first-order chi connectivity index (χ1) is 13.5. The standard InChI is InChI=1S/C21H23FN2O4/c22-17-4-1-15(2-5-17)12-24(9-10-25)13-18(26)14-28-19-6-7-20-16(11-19)3-8-21(27)23-20/h1-8,11,18,25-26H,9-10,12-14H2,(H,23,27)/t18-/m0/s1. The van der Waals surface area contributed by atoms with Gasteiger partial charge in [-0.2, -0.15) is 0 Å². The molecule has 0 fully saturated rings. The predicted molar refractivity (Wildman–Crippen MR) is 105 cm³/mol. The zero-order valence-corrected chi connectivity index (χ0v) is 15.3. The molecule has 0 saturated heterocycles. The van der Waals surface area contributed by atoms with Crippen LogP contribution in [-0.2, 0) is 6.54 Å². The highest BCUT2D eigenvalue weighted by Gasteiger charge is 2.13. The number of ether oxygens (including phenoxy) is 1. The maximum atomic E-state index is 13.0. The van der Waals surface area contributed by atoms with Crippen LogP contribution in [0.25, 0.3) is 10.9 Å². The van der Waals surface area contributed by atoms with Gasteiger partial charge in [0.25, 0.3) is 0 Å². The van der Waals surface area contributed by atoms with Gasteiger partial charge in [0.1, 0.15) is 24.3 Å². The van der Waals surface area contributed by atoms with Crippen molar-refractivity contribution in [1.82, 2.24) is 9.88 Å². The molecule has 0 aliphatic rings. The average Bonchev–Trinajstić information content (AvgIpc) is 2.68. The third kappa shape index (κ3) is 5.63. The second-order valence-electron chi connectivity index (χ2n) is 6.62. The molecule has 0 aliphatic carbocycles.